The predicted molar refractivity (Wildman–Crippen MR) is 94.3 cm³/mol. The maximum absolute atomic E-state index is 11.1. The molecule has 0 amide bonds. The summed E-state index contributed by atoms with van der Waals surface area (Å²) in [6, 6.07) is 12.1. The molecule has 8 nitrogen and oxygen atoms in total. The fraction of sp³-hybridized carbons (Fsp3) is 0.0588. The summed E-state index contributed by atoms with van der Waals surface area (Å²) in [7, 11) is 0. The molecular formula is C17H11N5O3S. The monoisotopic (exact) mass is 365 g/mol. The molecule has 26 heavy (non-hydrogen) atoms. The normalized spacial score (nSPS) is 15.9. The van der Waals surface area contributed by atoms with Gasteiger partial charge in [0.05, 0.1) is 22.1 Å². The van der Waals surface area contributed by atoms with Gasteiger partial charge >= 0.3 is 0 Å². The highest BCUT2D eigenvalue weighted by Crippen LogP contribution is 2.46. The van der Waals surface area contributed by atoms with Crippen LogP contribution in [0.25, 0.3) is 11.3 Å². The Labute approximate surface area is 151 Å². The van der Waals surface area contributed by atoms with Gasteiger partial charge in [-0.05, 0) is 11.4 Å². The van der Waals surface area contributed by atoms with Crippen LogP contribution >= 0.6 is 11.3 Å². The van der Waals surface area contributed by atoms with E-state index in [9.17, 15) is 15.4 Å². The van der Waals surface area contributed by atoms with E-state index in [4.69, 9.17) is 10.5 Å². The molecule has 1 aliphatic heterocycles. The van der Waals surface area contributed by atoms with Crippen LogP contribution < -0.4 is 10.5 Å². The van der Waals surface area contributed by atoms with E-state index in [-0.39, 0.29) is 23.0 Å². The lowest BCUT2D eigenvalue weighted by molar-refractivity contribution is -0.384. The third kappa shape index (κ3) is 2.40. The van der Waals surface area contributed by atoms with Gasteiger partial charge in [0.2, 0.25) is 11.8 Å². The van der Waals surface area contributed by atoms with Crippen LogP contribution in [-0.2, 0) is 0 Å². The fourth-order valence-corrected chi connectivity index (χ4v) is 3.82. The number of rotatable bonds is 3. The van der Waals surface area contributed by atoms with Gasteiger partial charge in [0, 0.05) is 22.6 Å². The van der Waals surface area contributed by atoms with Crippen molar-refractivity contribution in [3.8, 4) is 23.2 Å². The number of non-ortho nitro benzene ring substituents is 1. The smallest absolute Gasteiger partial charge is 0.270 e. The number of nitrogens with zero attached hydrogens (tertiary/aromatic N) is 3. The molecule has 3 aromatic rings. The maximum atomic E-state index is 11.1. The molecule has 1 aromatic carbocycles. The minimum Gasteiger partial charge on any atom is -0.420 e. The van der Waals surface area contributed by atoms with Crippen molar-refractivity contribution >= 4 is 17.0 Å². The summed E-state index contributed by atoms with van der Waals surface area (Å²) in [5.74, 6) is -0.173. The molecule has 0 saturated carbocycles. The number of H-pyrrole nitrogens is 1. The van der Waals surface area contributed by atoms with Crippen LogP contribution in [-0.4, -0.2) is 15.1 Å². The molecule has 1 aliphatic rings. The number of benzene rings is 1. The lowest BCUT2D eigenvalue weighted by atomic mass is 9.87. The van der Waals surface area contributed by atoms with E-state index in [0.717, 1.165) is 4.88 Å². The largest absolute Gasteiger partial charge is 0.420 e. The Bertz CT molecular complexity index is 1080. The van der Waals surface area contributed by atoms with Crippen molar-refractivity contribution < 1.29 is 9.66 Å². The van der Waals surface area contributed by atoms with Crippen molar-refractivity contribution in [1.29, 1.82) is 5.26 Å². The third-order valence-electron chi connectivity index (χ3n) is 4.11. The van der Waals surface area contributed by atoms with Gasteiger partial charge in [0.15, 0.2) is 0 Å². The molecule has 0 fully saturated rings. The molecule has 9 heteroatoms. The van der Waals surface area contributed by atoms with Gasteiger partial charge in [-0.1, -0.05) is 18.2 Å². The molecule has 0 radical (unpaired) electrons. The molecule has 0 saturated heterocycles. The zero-order valence-corrected chi connectivity index (χ0v) is 14.0. The summed E-state index contributed by atoms with van der Waals surface area (Å²) in [6.45, 7) is 0. The molecular weight excluding hydrogens is 354 g/mol. The number of fused-ring (bicyclic) bond motifs is 1. The molecule has 0 aliphatic carbocycles. The molecule has 0 spiro atoms. The number of allylic oxidation sites excluding steroid dienone is 1. The highest BCUT2D eigenvalue weighted by Gasteiger charge is 2.36. The van der Waals surface area contributed by atoms with Crippen molar-refractivity contribution in [2.75, 3.05) is 0 Å². The van der Waals surface area contributed by atoms with Crippen molar-refractivity contribution in [1.82, 2.24) is 10.2 Å². The third-order valence-corrected chi connectivity index (χ3v) is 5.05. The molecule has 0 bridgehead atoms. The summed E-state index contributed by atoms with van der Waals surface area (Å²) in [4.78, 5) is 11.5. The van der Waals surface area contributed by atoms with Crippen molar-refractivity contribution in [2.24, 2.45) is 5.73 Å². The van der Waals surface area contributed by atoms with Crippen molar-refractivity contribution in [3.63, 3.8) is 0 Å². The van der Waals surface area contributed by atoms with Crippen LogP contribution in [0.5, 0.6) is 5.88 Å². The summed E-state index contributed by atoms with van der Waals surface area (Å²) in [6.07, 6.45) is 0. The molecule has 4 rings (SSSR count). The molecule has 2 aromatic heterocycles. The highest BCUT2D eigenvalue weighted by molar-refractivity contribution is 7.10. The number of nitrogens with one attached hydrogen (secondary N) is 1. The lowest BCUT2D eigenvalue weighted by Crippen LogP contribution is -2.20. The van der Waals surface area contributed by atoms with E-state index in [1.165, 1.54) is 23.5 Å². The van der Waals surface area contributed by atoms with Gasteiger partial charge in [-0.25, -0.2) is 0 Å². The van der Waals surface area contributed by atoms with E-state index in [1.54, 1.807) is 12.1 Å². The number of hydrogen-bond donors (Lipinski definition) is 2. The zero-order valence-electron chi connectivity index (χ0n) is 13.2. The van der Waals surface area contributed by atoms with Crippen LogP contribution in [0.2, 0.25) is 0 Å². The number of nitro benzene ring substituents is 1. The molecule has 1 unspecified atom stereocenters. The van der Waals surface area contributed by atoms with Gasteiger partial charge in [-0.2, -0.15) is 5.26 Å². The quantitative estimate of drug-likeness (QED) is 0.541. The highest BCUT2D eigenvalue weighted by atomic mass is 32.1. The molecule has 3 N–H and O–H groups in total. The summed E-state index contributed by atoms with van der Waals surface area (Å²) >= 11 is 1.48. The molecule has 1 atom stereocenters. The van der Waals surface area contributed by atoms with Gasteiger partial charge in [0.1, 0.15) is 11.6 Å². The van der Waals surface area contributed by atoms with E-state index in [0.29, 0.717) is 16.8 Å². The summed E-state index contributed by atoms with van der Waals surface area (Å²) in [5.41, 5.74) is 7.93. The Morgan fingerprint density at radius 3 is 2.92 bits per heavy atom. The summed E-state index contributed by atoms with van der Waals surface area (Å²) < 4.78 is 5.51. The Balaban J connectivity index is 1.93. The Morgan fingerprint density at radius 1 is 1.38 bits per heavy atom. The topological polar surface area (TPSA) is 131 Å². The van der Waals surface area contributed by atoms with Crippen LogP contribution in [0.15, 0.2) is 53.2 Å². The van der Waals surface area contributed by atoms with Crippen LogP contribution in [0, 0.1) is 21.4 Å². The first-order valence-corrected chi connectivity index (χ1v) is 8.42. The SMILES string of the molecule is N#CC1=C(N)Oc2n[nH]c(-c3cccc([N+](=O)[O-])c3)c2C1c1cccs1. The second-order valence-electron chi connectivity index (χ2n) is 5.57. The maximum Gasteiger partial charge on any atom is 0.270 e. The van der Waals surface area contributed by atoms with E-state index >= 15 is 0 Å². The van der Waals surface area contributed by atoms with Crippen LogP contribution in [0.4, 0.5) is 5.69 Å². The number of nitro groups is 1. The number of nitrogens with two attached hydrogens (primary N) is 1. The van der Waals surface area contributed by atoms with Gasteiger partial charge in [-0.3, -0.25) is 15.2 Å². The van der Waals surface area contributed by atoms with Crippen LogP contribution in [0.3, 0.4) is 0 Å². The second kappa shape index (κ2) is 6.02. The minimum atomic E-state index is -0.460. The van der Waals surface area contributed by atoms with E-state index < -0.39 is 10.8 Å². The van der Waals surface area contributed by atoms with E-state index in [2.05, 4.69) is 16.3 Å². The minimum absolute atomic E-state index is 0.00972. The van der Waals surface area contributed by atoms with Gasteiger partial charge < -0.3 is 10.5 Å². The number of aromatic nitrogens is 2. The first-order chi connectivity index (χ1) is 12.6. The number of ether oxygens (including phenoxy) is 1. The predicted octanol–water partition coefficient (Wildman–Crippen LogP) is 3.26. The average molecular weight is 365 g/mol. The number of aromatic amines is 1. The number of nitriles is 1. The second-order valence-corrected chi connectivity index (χ2v) is 6.54. The molecule has 3 heterocycles. The average Bonchev–Trinajstić information content (AvgIpc) is 3.30. The standard InChI is InChI=1S/C17H11N5O3S/c18-8-11-13(12-5-2-6-26-12)14-15(20-21-17(14)25-16(11)19)9-3-1-4-10(7-9)22(23)24/h1-7,13H,19H2,(H,20,21). The first-order valence-electron chi connectivity index (χ1n) is 7.54. The van der Waals surface area contributed by atoms with Gasteiger partial charge in [0.25, 0.3) is 5.69 Å². The van der Waals surface area contributed by atoms with Crippen molar-refractivity contribution in [3.05, 3.63) is 73.8 Å². The first kappa shape index (κ1) is 15.9. The Hall–Kier alpha value is -3.64. The van der Waals surface area contributed by atoms with E-state index in [1.807, 2.05) is 17.5 Å². The zero-order chi connectivity index (χ0) is 18.3. The van der Waals surface area contributed by atoms with Crippen LogP contribution in [0.1, 0.15) is 16.4 Å². The Morgan fingerprint density at radius 2 is 2.23 bits per heavy atom. The van der Waals surface area contributed by atoms with Gasteiger partial charge in [-0.15, -0.1) is 16.4 Å². The Kier molecular flexibility index (Phi) is 3.67. The number of hydrogen-bond acceptors (Lipinski definition) is 7. The number of thiophene rings is 1. The molecule has 128 valence electrons. The lowest BCUT2D eigenvalue weighted by Gasteiger charge is -2.22. The fourth-order valence-electron chi connectivity index (χ4n) is 2.98. The van der Waals surface area contributed by atoms with Crippen molar-refractivity contribution in [2.45, 2.75) is 5.92 Å². The summed E-state index contributed by atoms with van der Waals surface area (Å²) in [5, 5.41) is 29.6.